The molecule has 0 saturated heterocycles. The molecule has 0 aliphatic heterocycles. The number of rotatable bonds is 11. The molecule has 0 fully saturated rings. The van der Waals surface area contributed by atoms with Crippen molar-refractivity contribution in [3.63, 3.8) is 0 Å². The summed E-state index contributed by atoms with van der Waals surface area (Å²) in [6.45, 7) is 5.42. The lowest BCUT2D eigenvalue weighted by Gasteiger charge is -2.29. The Kier molecular flexibility index (Phi) is 9.55. The summed E-state index contributed by atoms with van der Waals surface area (Å²) in [5.74, 6) is 1.18. The van der Waals surface area contributed by atoms with Gasteiger partial charge in [-0.25, -0.2) is 4.79 Å². The van der Waals surface area contributed by atoms with Gasteiger partial charge in [0.1, 0.15) is 18.0 Å². The topological polar surface area (TPSA) is 71.1 Å². The fraction of sp³-hybridized carbons (Fsp3) is 0.333. The maximum absolute atomic E-state index is 13.5. The predicted molar refractivity (Wildman–Crippen MR) is 140 cm³/mol. The van der Waals surface area contributed by atoms with E-state index in [1.54, 1.807) is 46.4 Å². The molecular formula is C27H33N3O4S. The van der Waals surface area contributed by atoms with Gasteiger partial charge in [0.25, 0.3) is 0 Å². The monoisotopic (exact) mass is 495 g/mol. The molecule has 0 aliphatic carbocycles. The minimum Gasteiger partial charge on any atom is -0.497 e. The third-order valence-corrected chi connectivity index (χ3v) is 6.21. The van der Waals surface area contributed by atoms with Gasteiger partial charge < -0.3 is 24.6 Å². The van der Waals surface area contributed by atoms with E-state index < -0.39 is 0 Å². The van der Waals surface area contributed by atoms with Gasteiger partial charge in [0.2, 0.25) is 5.91 Å². The Morgan fingerprint density at radius 2 is 1.71 bits per heavy atom. The number of hydrogen-bond donors (Lipinski definition) is 1. The first-order valence-corrected chi connectivity index (χ1v) is 12.4. The van der Waals surface area contributed by atoms with Crippen molar-refractivity contribution in [2.24, 2.45) is 5.92 Å². The van der Waals surface area contributed by atoms with Crippen LogP contribution in [0, 0.1) is 5.92 Å². The molecule has 35 heavy (non-hydrogen) atoms. The summed E-state index contributed by atoms with van der Waals surface area (Å²) >= 11 is 1.61. The Bertz CT molecular complexity index is 1090. The Hall–Kier alpha value is -3.52. The van der Waals surface area contributed by atoms with Crippen LogP contribution in [-0.2, 0) is 17.9 Å². The number of benzene rings is 2. The van der Waals surface area contributed by atoms with Crippen molar-refractivity contribution < 1.29 is 19.1 Å². The van der Waals surface area contributed by atoms with Crippen molar-refractivity contribution in [3.05, 3.63) is 76.5 Å². The highest BCUT2D eigenvalue weighted by atomic mass is 32.1. The van der Waals surface area contributed by atoms with Crippen molar-refractivity contribution in [2.75, 3.05) is 32.6 Å². The zero-order chi connectivity index (χ0) is 25.2. The van der Waals surface area contributed by atoms with E-state index in [1.807, 2.05) is 61.7 Å². The molecule has 2 aromatic carbocycles. The van der Waals surface area contributed by atoms with E-state index in [9.17, 15) is 9.59 Å². The SMILES string of the molecule is COc1ccc(NC(=O)N(CC(=O)N(Cc2ccccc2)Cc2cccs2)CC(C)C)c(OC)c1. The van der Waals surface area contributed by atoms with E-state index in [-0.39, 0.29) is 24.4 Å². The second-order valence-corrected chi connectivity index (χ2v) is 9.62. The summed E-state index contributed by atoms with van der Waals surface area (Å²) < 4.78 is 10.6. The predicted octanol–water partition coefficient (Wildman–Crippen LogP) is 5.48. The maximum Gasteiger partial charge on any atom is 0.322 e. The number of ether oxygens (including phenoxy) is 2. The van der Waals surface area contributed by atoms with E-state index in [2.05, 4.69) is 5.32 Å². The summed E-state index contributed by atoms with van der Waals surface area (Å²) in [7, 11) is 3.10. The summed E-state index contributed by atoms with van der Waals surface area (Å²) in [6, 6.07) is 18.7. The minimum atomic E-state index is -0.355. The van der Waals surface area contributed by atoms with Gasteiger partial charge in [0.15, 0.2) is 0 Å². The van der Waals surface area contributed by atoms with Gasteiger partial charge in [0, 0.05) is 24.0 Å². The first-order chi connectivity index (χ1) is 16.9. The zero-order valence-corrected chi connectivity index (χ0v) is 21.5. The van der Waals surface area contributed by atoms with Crippen molar-refractivity contribution in [2.45, 2.75) is 26.9 Å². The molecule has 0 atom stereocenters. The van der Waals surface area contributed by atoms with Crippen molar-refractivity contribution >= 4 is 29.0 Å². The number of amides is 3. The molecule has 8 heteroatoms. The fourth-order valence-corrected chi connectivity index (χ4v) is 4.37. The van der Waals surface area contributed by atoms with Crippen LogP contribution in [0.5, 0.6) is 11.5 Å². The number of nitrogens with zero attached hydrogens (tertiary/aromatic N) is 2. The van der Waals surface area contributed by atoms with Gasteiger partial charge in [-0.1, -0.05) is 50.2 Å². The Morgan fingerprint density at radius 3 is 2.34 bits per heavy atom. The molecule has 3 amide bonds. The average Bonchev–Trinajstić information content (AvgIpc) is 3.37. The van der Waals surface area contributed by atoms with Crippen LogP contribution in [0.2, 0.25) is 0 Å². The van der Waals surface area contributed by atoms with E-state index in [1.165, 1.54) is 7.11 Å². The number of methoxy groups -OCH3 is 2. The van der Waals surface area contributed by atoms with Crippen LogP contribution in [0.15, 0.2) is 66.0 Å². The van der Waals surface area contributed by atoms with Crippen LogP contribution >= 0.6 is 11.3 Å². The highest BCUT2D eigenvalue weighted by Crippen LogP contribution is 2.29. The third kappa shape index (κ3) is 7.75. The third-order valence-electron chi connectivity index (χ3n) is 5.34. The molecule has 0 aliphatic rings. The number of urea groups is 1. The molecule has 186 valence electrons. The molecule has 3 rings (SSSR count). The van der Waals surface area contributed by atoms with Gasteiger partial charge in [0.05, 0.1) is 26.5 Å². The lowest BCUT2D eigenvalue weighted by molar-refractivity contribution is -0.133. The lowest BCUT2D eigenvalue weighted by Crippen LogP contribution is -2.45. The smallest absolute Gasteiger partial charge is 0.322 e. The van der Waals surface area contributed by atoms with Crippen LogP contribution in [0.1, 0.15) is 24.3 Å². The Balaban J connectivity index is 1.77. The fourth-order valence-electron chi connectivity index (χ4n) is 3.65. The van der Waals surface area contributed by atoms with Crippen LogP contribution in [0.25, 0.3) is 0 Å². The number of anilines is 1. The minimum absolute atomic E-state index is 0.0271. The molecule has 0 unspecified atom stereocenters. The number of thiophene rings is 1. The largest absolute Gasteiger partial charge is 0.497 e. The van der Waals surface area contributed by atoms with Crippen molar-refractivity contribution in [1.82, 2.24) is 9.80 Å². The number of carbonyl (C=O) groups is 2. The van der Waals surface area contributed by atoms with E-state index in [4.69, 9.17) is 9.47 Å². The normalized spacial score (nSPS) is 10.7. The molecule has 1 N–H and O–H groups in total. The maximum atomic E-state index is 13.5. The second kappa shape index (κ2) is 12.8. The molecule has 0 spiro atoms. The Labute approximate surface area is 211 Å². The van der Waals surface area contributed by atoms with E-state index in [0.717, 1.165) is 10.4 Å². The molecule has 3 aromatic rings. The van der Waals surface area contributed by atoms with E-state index >= 15 is 0 Å². The van der Waals surface area contributed by atoms with Crippen molar-refractivity contribution in [3.8, 4) is 11.5 Å². The first-order valence-electron chi connectivity index (χ1n) is 11.5. The summed E-state index contributed by atoms with van der Waals surface area (Å²) in [4.78, 5) is 31.2. The van der Waals surface area contributed by atoms with Crippen LogP contribution < -0.4 is 14.8 Å². The lowest BCUT2D eigenvalue weighted by atomic mass is 10.2. The van der Waals surface area contributed by atoms with Gasteiger partial charge in [-0.15, -0.1) is 11.3 Å². The standard InChI is InChI=1S/C27H33N3O4S/c1-20(2)16-30(27(32)28-24-13-12-22(33-3)15-25(24)34-4)19-26(31)29(18-23-11-8-14-35-23)17-21-9-6-5-7-10-21/h5-15,20H,16-19H2,1-4H3,(H,28,32). The van der Waals surface area contributed by atoms with Crippen LogP contribution in [0.3, 0.4) is 0 Å². The average molecular weight is 496 g/mol. The molecule has 1 aromatic heterocycles. The summed E-state index contributed by atoms with van der Waals surface area (Å²) in [5, 5.41) is 4.90. The van der Waals surface area contributed by atoms with Crippen LogP contribution in [0.4, 0.5) is 10.5 Å². The molecule has 0 saturated carbocycles. The van der Waals surface area contributed by atoms with Crippen LogP contribution in [-0.4, -0.2) is 49.0 Å². The highest BCUT2D eigenvalue weighted by Gasteiger charge is 2.24. The molecular weight excluding hydrogens is 462 g/mol. The van der Waals surface area contributed by atoms with Gasteiger partial charge in [-0.3, -0.25) is 4.79 Å². The summed E-state index contributed by atoms with van der Waals surface area (Å²) in [6.07, 6.45) is 0. The molecule has 0 bridgehead atoms. The second-order valence-electron chi connectivity index (χ2n) is 8.59. The number of carbonyl (C=O) groups excluding carboxylic acids is 2. The van der Waals surface area contributed by atoms with Crippen molar-refractivity contribution in [1.29, 1.82) is 0 Å². The summed E-state index contributed by atoms with van der Waals surface area (Å²) in [5.41, 5.74) is 1.56. The van der Waals surface area contributed by atoms with Gasteiger partial charge >= 0.3 is 6.03 Å². The zero-order valence-electron chi connectivity index (χ0n) is 20.7. The number of hydrogen-bond acceptors (Lipinski definition) is 5. The molecule has 0 radical (unpaired) electrons. The van der Waals surface area contributed by atoms with E-state index in [0.29, 0.717) is 36.8 Å². The Morgan fingerprint density at radius 1 is 0.943 bits per heavy atom. The van der Waals surface area contributed by atoms with Gasteiger partial charge in [-0.05, 0) is 35.1 Å². The molecule has 7 nitrogen and oxygen atoms in total. The number of nitrogens with one attached hydrogen (secondary N) is 1. The first kappa shape index (κ1) is 26.1. The quantitative estimate of drug-likeness (QED) is 0.382. The molecule has 1 heterocycles. The van der Waals surface area contributed by atoms with Gasteiger partial charge in [-0.2, -0.15) is 0 Å². The highest BCUT2D eigenvalue weighted by molar-refractivity contribution is 7.09.